The maximum absolute atomic E-state index is 13.6. The molecule has 32 heavy (non-hydrogen) atoms. The van der Waals surface area contributed by atoms with E-state index in [4.69, 9.17) is 4.74 Å². The molecule has 0 aliphatic carbocycles. The Morgan fingerprint density at radius 1 is 1.06 bits per heavy atom. The molecular formula is C25H41N3O4. The molecule has 0 aliphatic heterocycles. The van der Waals surface area contributed by atoms with E-state index in [1.807, 2.05) is 59.7 Å². The van der Waals surface area contributed by atoms with Gasteiger partial charge in [0, 0.05) is 13.1 Å². The standard InChI is InChI=1S/C25H41N3O4/c1-11-17(5)20(27-24(31)32-25(7,8)9)23(30)28(10)21(22(29)26-15(2)3)19-13-12-16(4)14-18(19)6/h12-15,17,20-21H,11H2,1-10H3,(H,26,29)(H,27,31). The summed E-state index contributed by atoms with van der Waals surface area (Å²) in [7, 11) is 1.61. The second-order valence-electron chi connectivity index (χ2n) is 9.88. The first-order valence-corrected chi connectivity index (χ1v) is 11.3. The SMILES string of the molecule is CCC(C)C(NC(=O)OC(C)(C)C)C(=O)N(C)C(C(=O)NC(C)C)c1ccc(C)cc1C. The smallest absolute Gasteiger partial charge is 0.408 e. The second kappa shape index (κ2) is 11.3. The lowest BCUT2D eigenvalue weighted by Gasteiger charge is -2.34. The highest BCUT2D eigenvalue weighted by Crippen LogP contribution is 2.26. The van der Waals surface area contributed by atoms with Crippen LogP contribution >= 0.6 is 0 Å². The third-order valence-corrected chi connectivity index (χ3v) is 5.29. The molecule has 0 fully saturated rings. The molecule has 0 heterocycles. The number of ether oxygens (including phenoxy) is 1. The molecule has 1 aromatic rings. The topological polar surface area (TPSA) is 87.7 Å². The van der Waals surface area contributed by atoms with Crippen LogP contribution in [0, 0.1) is 19.8 Å². The summed E-state index contributed by atoms with van der Waals surface area (Å²) in [4.78, 5) is 40.7. The molecule has 2 N–H and O–H groups in total. The molecule has 7 heteroatoms. The quantitative estimate of drug-likeness (QED) is 0.623. The van der Waals surface area contributed by atoms with E-state index < -0.39 is 23.8 Å². The van der Waals surface area contributed by atoms with Crippen molar-refractivity contribution in [3.8, 4) is 0 Å². The molecule has 3 unspecified atom stereocenters. The number of amides is 3. The molecule has 7 nitrogen and oxygen atoms in total. The molecule has 1 rings (SSSR count). The van der Waals surface area contributed by atoms with Crippen molar-refractivity contribution in [2.45, 2.75) is 92.5 Å². The normalized spacial score (nSPS) is 14.3. The number of likely N-dealkylation sites (N-methyl/N-ethyl adjacent to an activating group) is 1. The molecule has 180 valence electrons. The Balaban J connectivity index is 3.34. The number of nitrogens with zero attached hydrogens (tertiary/aromatic N) is 1. The van der Waals surface area contributed by atoms with Crippen molar-refractivity contribution in [3.05, 3.63) is 34.9 Å². The summed E-state index contributed by atoms with van der Waals surface area (Å²) >= 11 is 0. The average Bonchev–Trinajstić information content (AvgIpc) is 2.64. The predicted molar refractivity (Wildman–Crippen MR) is 127 cm³/mol. The first kappa shape index (κ1) is 27.5. The summed E-state index contributed by atoms with van der Waals surface area (Å²) in [5.74, 6) is -0.748. The Labute approximate surface area is 193 Å². The maximum atomic E-state index is 13.6. The zero-order valence-corrected chi connectivity index (χ0v) is 21.3. The van der Waals surface area contributed by atoms with Gasteiger partial charge in [-0.25, -0.2) is 4.79 Å². The van der Waals surface area contributed by atoms with Crippen LogP contribution in [0.1, 0.15) is 77.6 Å². The third kappa shape index (κ3) is 7.84. The van der Waals surface area contributed by atoms with Crippen molar-refractivity contribution >= 4 is 17.9 Å². The van der Waals surface area contributed by atoms with Gasteiger partial charge in [-0.05, 0) is 65.5 Å². The van der Waals surface area contributed by atoms with Crippen molar-refractivity contribution in [2.75, 3.05) is 7.05 Å². The van der Waals surface area contributed by atoms with E-state index in [2.05, 4.69) is 10.6 Å². The van der Waals surface area contributed by atoms with Crippen LogP contribution in [-0.4, -0.2) is 47.5 Å². The van der Waals surface area contributed by atoms with Gasteiger partial charge in [0.25, 0.3) is 0 Å². The van der Waals surface area contributed by atoms with E-state index in [1.165, 1.54) is 4.90 Å². The number of alkyl carbamates (subject to hydrolysis) is 1. The first-order valence-electron chi connectivity index (χ1n) is 11.3. The van der Waals surface area contributed by atoms with Gasteiger partial charge in [-0.15, -0.1) is 0 Å². The molecule has 3 amide bonds. The highest BCUT2D eigenvalue weighted by atomic mass is 16.6. The monoisotopic (exact) mass is 447 g/mol. The van der Waals surface area contributed by atoms with Crippen LogP contribution in [-0.2, 0) is 14.3 Å². The van der Waals surface area contributed by atoms with Gasteiger partial charge in [-0.2, -0.15) is 0 Å². The van der Waals surface area contributed by atoms with Crippen LogP contribution < -0.4 is 10.6 Å². The Kier molecular flexibility index (Phi) is 9.73. The van der Waals surface area contributed by atoms with Crippen LogP contribution in [0.2, 0.25) is 0 Å². The number of hydrogen-bond donors (Lipinski definition) is 2. The van der Waals surface area contributed by atoms with Gasteiger partial charge in [-0.3, -0.25) is 9.59 Å². The maximum Gasteiger partial charge on any atom is 0.408 e. The van der Waals surface area contributed by atoms with Crippen LogP contribution in [0.15, 0.2) is 18.2 Å². The first-order chi connectivity index (χ1) is 14.7. The van der Waals surface area contributed by atoms with Crippen molar-refractivity contribution in [2.24, 2.45) is 5.92 Å². The van der Waals surface area contributed by atoms with Gasteiger partial charge < -0.3 is 20.3 Å². The molecule has 0 saturated heterocycles. The van der Waals surface area contributed by atoms with E-state index in [0.717, 1.165) is 16.7 Å². The van der Waals surface area contributed by atoms with Gasteiger partial charge in [0.2, 0.25) is 11.8 Å². The lowest BCUT2D eigenvalue weighted by molar-refractivity contribution is -0.142. The van der Waals surface area contributed by atoms with Crippen LogP contribution in [0.4, 0.5) is 4.79 Å². The van der Waals surface area contributed by atoms with Crippen molar-refractivity contribution in [1.29, 1.82) is 0 Å². The molecule has 0 aliphatic rings. The number of carbonyl (C=O) groups excluding carboxylic acids is 3. The number of rotatable bonds is 8. The fourth-order valence-corrected chi connectivity index (χ4v) is 3.49. The second-order valence-corrected chi connectivity index (χ2v) is 9.88. The van der Waals surface area contributed by atoms with E-state index >= 15 is 0 Å². The summed E-state index contributed by atoms with van der Waals surface area (Å²) in [5.41, 5.74) is 2.07. The van der Waals surface area contributed by atoms with E-state index in [9.17, 15) is 14.4 Å². The molecule has 3 atom stereocenters. The van der Waals surface area contributed by atoms with E-state index in [1.54, 1.807) is 27.8 Å². The van der Waals surface area contributed by atoms with E-state index in [0.29, 0.717) is 6.42 Å². The number of aryl methyl sites for hydroxylation is 2. The predicted octanol–water partition coefficient (Wildman–Crippen LogP) is 4.27. The number of nitrogens with one attached hydrogen (secondary N) is 2. The Hall–Kier alpha value is -2.57. The molecule has 0 bridgehead atoms. The largest absolute Gasteiger partial charge is 0.444 e. The zero-order chi connectivity index (χ0) is 24.8. The van der Waals surface area contributed by atoms with Crippen LogP contribution in [0.25, 0.3) is 0 Å². The fourth-order valence-electron chi connectivity index (χ4n) is 3.49. The number of carbonyl (C=O) groups is 3. The molecule has 0 aromatic heterocycles. The van der Waals surface area contributed by atoms with Gasteiger partial charge >= 0.3 is 6.09 Å². The van der Waals surface area contributed by atoms with Gasteiger partial charge in [0.1, 0.15) is 17.7 Å². The minimum absolute atomic E-state index is 0.0792. The van der Waals surface area contributed by atoms with Crippen LogP contribution in [0.5, 0.6) is 0 Å². The number of hydrogen-bond acceptors (Lipinski definition) is 4. The van der Waals surface area contributed by atoms with Crippen LogP contribution in [0.3, 0.4) is 0 Å². The summed E-state index contributed by atoms with van der Waals surface area (Å²) < 4.78 is 5.37. The molecule has 1 aromatic carbocycles. The van der Waals surface area contributed by atoms with Crippen molar-refractivity contribution < 1.29 is 19.1 Å². The van der Waals surface area contributed by atoms with Gasteiger partial charge in [-0.1, -0.05) is 44.0 Å². The minimum Gasteiger partial charge on any atom is -0.444 e. The molecule has 0 spiro atoms. The fraction of sp³-hybridized carbons (Fsp3) is 0.640. The van der Waals surface area contributed by atoms with Crippen molar-refractivity contribution in [1.82, 2.24) is 15.5 Å². The lowest BCUT2D eigenvalue weighted by Crippen LogP contribution is -2.54. The van der Waals surface area contributed by atoms with Gasteiger partial charge in [0.15, 0.2) is 0 Å². The molecule has 0 saturated carbocycles. The summed E-state index contributed by atoms with van der Waals surface area (Å²) in [5, 5.41) is 5.66. The van der Waals surface area contributed by atoms with Gasteiger partial charge in [0.05, 0.1) is 0 Å². The Morgan fingerprint density at radius 3 is 2.12 bits per heavy atom. The Bertz CT molecular complexity index is 814. The molecule has 0 radical (unpaired) electrons. The third-order valence-electron chi connectivity index (χ3n) is 5.29. The summed E-state index contributed by atoms with van der Waals surface area (Å²) in [6.45, 7) is 16.8. The highest BCUT2D eigenvalue weighted by molar-refractivity contribution is 5.92. The minimum atomic E-state index is -0.822. The summed E-state index contributed by atoms with van der Waals surface area (Å²) in [6, 6.07) is 4.09. The number of benzene rings is 1. The lowest BCUT2D eigenvalue weighted by atomic mass is 9.94. The highest BCUT2D eigenvalue weighted by Gasteiger charge is 2.36. The Morgan fingerprint density at radius 2 is 1.66 bits per heavy atom. The van der Waals surface area contributed by atoms with Crippen molar-refractivity contribution in [3.63, 3.8) is 0 Å². The summed E-state index contributed by atoms with van der Waals surface area (Å²) in [6.07, 6.45) is 0.0196. The average molecular weight is 448 g/mol. The van der Waals surface area contributed by atoms with E-state index in [-0.39, 0.29) is 23.8 Å². The zero-order valence-electron chi connectivity index (χ0n) is 21.3. The molecular weight excluding hydrogens is 406 g/mol.